The molecule has 0 fully saturated rings. The fourth-order valence-corrected chi connectivity index (χ4v) is 2.69. The first kappa shape index (κ1) is 12.4. The van der Waals surface area contributed by atoms with E-state index in [4.69, 9.17) is 0 Å². The Morgan fingerprint density at radius 2 is 1.70 bits per heavy atom. The van der Waals surface area contributed by atoms with E-state index in [-0.39, 0.29) is 4.88 Å². The van der Waals surface area contributed by atoms with Crippen LogP contribution in [-0.4, -0.2) is 26.0 Å². The van der Waals surface area contributed by atoms with Crippen molar-refractivity contribution in [2.45, 2.75) is 0 Å². The molecule has 0 amide bonds. The molecule has 3 aromatic heterocycles. The highest BCUT2D eigenvalue weighted by Crippen LogP contribution is 2.33. The minimum atomic E-state index is -0.989. The maximum atomic E-state index is 11.4. The molecule has 3 aromatic rings. The second kappa shape index (κ2) is 5.18. The number of hydrogen-bond acceptors (Lipinski definition) is 5. The van der Waals surface area contributed by atoms with Crippen LogP contribution in [0.2, 0.25) is 0 Å². The monoisotopic (exact) mass is 283 g/mol. The summed E-state index contributed by atoms with van der Waals surface area (Å²) in [4.78, 5) is 24.0. The zero-order valence-electron chi connectivity index (χ0n) is 10.2. The van der Waals surface area contributed by atoms with Crippen molar-refractivity contribution < 1.29 is 9.90 Å². The fourth-order valence-electron chi connectivity index (χ4n) is 1.78. The van der Waals surface area contributed by atoms with Crippen LogP contribution in [-0.2, 0) is 0 Å². The Balaban J connectivity index is 2.15. The maximum absolute atomic E-state index is 11.4. The molecular weight excluding hydrogens is 274 g/mol. The molecular formula is C14H9N3O2S. The summed E-state index contributed by atoms with van der Waals surface area (Å²) in [5.41, 5.74) is 1.93. The Morgan fingerprint density at radius 1 is 1.05 bits per heavy atom. The Kier molecular flexibility index (Phi) is 3.22. The van der Waals surface area contributed by atoms with Crippen LogP contribution in [0.15, 0.2) is 49.1 Å². The molecule has 0 spiro atoms. The first-order chi connectivity index (χ1) is 9.75. The summed E-state index contributed by atoms with van der Waals surface area (Å²) in [6, 6.07) is 7.19. The molecule has 0 saturated carbocycles. The summed E-state index contributed by atoms with van der Waals surface area (Å²) in [6.45, 7) is 0. The zero-order chi connectivity index (χ0) is 13.9. The van der Waals surface area contributed by atoms with Gasteiger partial charge in [0, 0.05) is 35.9 Å². The van der Waals surface area contributed by atoms with E-state index in [1.807, 2.05) is 6.07 Å². The third-order valence-corrected chi connectivity index (χ3v) is 3.76. The third kappa shape index (κ3) is 2.28. The van der Waals surface area contributed by atoms with Crippen molar-refractivity contribution in [3.8, 4) is 21.8 Å². The average Bonchev–Trinajstić information content (AvgIpc) is 2.94. The van der Waals surface area contributed by atoms with E-state index in [0.717, 1.165) is 16.9 Å². The number of rotatable bonds is 3. The number of nitrogens with zero attached hydrogens (tertiary/aromatic N) is 3. The Bertz CT molecular complexity index is 742. The van der Waals surface area contributed by atoms with Crippen molar-refractivity contribution in [1.29, 1.82) is 0 Å². The number of pyridine rings is 2. The van der Waals surface area contributed by atoms with E-state index in [1.165, 1.54) is 0 Å². The van der Waals surface area contributed by atoms with Crippen molar-refractivity contribution >= 4 is 17.3 Å². The second-order valence-corrected chi connectivity index (χ2v) is 4.98. The topological polar surface area (TPSA) is 76.0 Å². The Hall–Kier alpha value is -2.60. The number of thiazole rings is 1. The standard InChI is InChI=1S/C14H9N3O2S/c18-14(19)12-11(9-3-1-5-15-7-9)17-13(20-12)10-4-2-6-16-8-10/h1-8H,(H,18,19). The molecule has 0 unspecified atom stereocenters. The van der Waals surface area contributed by atoms with Crippen LogP contribution < -0.4 is 0 Å². The van der Waals surface area contributed by atoms with Crippen LogP contribution in [0, 0.1) is 0 Å². The molecule has 5 nitrogen and oxygen atoms in total. The lowest BCUT2D eigenvalue weighted by molar-refractivity contribution is 0.0702. The molecule has 0 saturated heterocycles. The van der Waals surface area contributed by atoms with Crippen LogP contribution in [0.3, 0.4) is 0 Å². The van der Waals surface area contributed by atoms with Crippen LogP contribution >= 0.6 is 11.3 Å². The minimum absolute atomic E-state index is 0.205. The summed E-state index contributed by atoms with van der Waals surface area (Å²) in [5.74, 6) is -0.989. The van der Waals surface area contributed by atoms with E-state index < -0.39 is 5.97 Å². The SMILES string of the molecule is O=C(O)c1sc(-c2cccnc2)nc1-c1cccnc1. The van der Waals surface area contributed by atoms with Crippen LogP contribution in [0.25, 0.3) is 21.8 Å². The van der Waals surface area contributed by atoms with Gasteiger partial charge in [-0.05, 0) is 24.3 Å². The lowest BCUT2D eigenvalue weighted by Gasteiger charge is -1.97. The fraction of sp³-hybridized carbons (Fsp3) is 0. The van der Waals surface area contributed by atoms with Gasteiger partial charge in [-0.25, -0.2) is 9.78 Å². The van der Waals surface area contributed by atoms with Crippen molar-refractivity contribution in [3.63, 3.8) is 0 Å². The van der Waals surface area contributed by atoms with E-state index >= 15 is 0 Å². The molecule has 6 heteroatoms. The zero-order valence-corrected chi connectivity index (χ0v) is 11.0. The molecule has 0 bridgehead atoms. The van der Waals surface area contributed by atoms with Gasteiger partial charge in [-0.1, -0.05) is 0 Å². The molecule has 0 aliphatic heterocycles. The summed E-state index contributed by atoms with van der Waals surface area (Å²) in [7, 11) is 0. The summed E-state index contributed by atoms with van der Waals surface area (Å²) in [6.07, 6.45) is 6.57. The summed E-state index contributed by atoms with van der Waals surface area (Å²) >= 11 is 1.14. The molecule has 0 atom stereocenters. The van der Waals surface area contributed by atoms with Gasteiger partial charge in [0.2, 0.25) is 0 Å². The van der Waals surface area contributed by atoms with Crippen molar-refractivity contribution in [3.05, 3.63) is 53.9 Å². The van der Waals surface area contributed by atoms with Gasteiger partial charge >= 0.3 is 5.97 Å². The quantitative estimate of drug-likeness (QED) is 0.799. The lowest BCUT2D eigenvalue weighted by atomic mass is 10.2. The molecule has 0 aliphatic rings. The van der Waals surface area contributed by atoms with Crippen molar-refractivity contribution in [1.82, 2.24) is 15.0 Å². The number of carbonyl (C=O) groups is 1. The summed E-state index contributed by atoms with van der Waals surface area (Å²) in [5, 5.41) is 9.96. The number of hydrogen-bond donors (Lipinski definition) is 1. The van der Waals surface area contributed by atoms with E-state index in [0.29, 0.717) is 16.3 Å². The van der Waals surface area contributed by atoms with E-state index in [1.54, 1.807) is 43.0 Å². The maximum Gasteiger partial charge on any atom is 0.348 e. The van der Waals surface area contributed by atoms with Gasteiger partial charge in [0.1, 0.15) is 9.88 Å². The van der Waals surface area contributed by atoms with Gasteiger partial charge in [-0.15, -0.1) is 11.3 Å². The molecule has 0 aliphatic carbocycles. The molecule has 20 heavy (non-hydrogen) atoms. The second-order valence-electron chi connectivity index (χ2n) is 3.99. The first-order valence-electron chi connectivity index (χ1n) is 5.80. The van der Waals surface area contributed by atoms with Gasteiger partial charge in [0.05, 0.1) is 5.69 Å². The highest BCUT2D eigenvalue weighted by atomic mass is 32.1. The highest BCUT2D eigenvalue weighted by Gasteiger charge is 2.19. The van der Waals surface area contributed by atoms with Crippen LogP contribution in [0.1, 0.15) is 9.67 Å². The van der Waals surface area contributed by atoms with Gasteiger partial charge in [-0.3, -0.25) is 9.97 Å². The van der Waals surface area contributed by atoms with E-state index in [2.05, 4.69) is 15.0 Å². The number of carboxylic acid groups (broad SMARTS) is 1. The van der Waals surface area contributed by atoms with Crippen LogP contribution in [0.5, 0.6) is 0 Å². The summed E-state index contributed by atoms with van der Waals surface area (Å²) < 4.78 is 0. The molecule has 1 N–H and O–H groups in total. The third-order valence-electron chi connectivity index (χ3n) is 2.66. The normalized spacial score (nSPS) is 10.4. The minimum Gasteiger partial charge on any atom is -0.477 e. The predicted molar refractivity (Wildman–Crippen MR) is 75.5 cm³/mol. The van der Waals surface area contributed by atoms with Crippen LogP contribution in [0.4, 0.5) is 0 Å². The van der Waals surface area contributed by atoms with Gasteiger partial charge in [0.15, 0.2) is 0 Å². The number of aromatic nitrogens is 3. The smallest absolute Gasteiger partial charge is 0.348 e. The highest BCUT2D eigenvalue weighted by molar-refractivity contribution is 7.17. The Morgan fingerprint density at radius 3 is 2.25 bits per heavy atom. The van der Waals surface area contributed by atoms with Gasteiger partial charge in [0.25, 0.3) is 0 Å². The molecule has 3 heterocycles. The lowest BCUT2D eigenvalue weighted by Crippen LogP contribution is -1.95. The first-order valence-corrected chi connectivity index (χ1v) is 6.62. The van der Waals surface area contributed by atoms with E-state index in [9.17, 15) is 9.90 Å². The number of carboxylic acids is 1. The van der Waals surface area contributed by atoms with Crippen molar-refractivity contribution in [2.24, 2.45) is 0 Å². The average molecular weight is 283 g/mol. The predicted octanol–water partition coefficient (Wildman–Crippen LogP) is 2.97. The largest absolute Gasteiger partial charge is 0.477 e. The van der Waals surface area contributed by atoms with Crippen molar-refractivity contribution in [2.75, 3.05) is 0 Å². The molecule has 0 aromatic carbocycles. The molecule has 98 valence electrons. The molecule has 3 rings (SSSR count). The van der Waals surface area contributed by atoms with Gasteiger partial charge in [-0.2, -0.15) is 0 Å². The molecule has 0 radical (unpaired) electrons. The Labute approximate surface area is 118 Å². The number of aromatic carboxylic acids is 1. The van der Waals surface area contributed by atoms with Gasteiger partial charge < -0.3 is 5.11 Å².